The molecule has 1 unspecified atom stereocenters. The number of carbonyl (C=O) groups excluding carboxylic acids is 2. The zero-order valence-corrected chi connectivity index (χ0v) is 15.0. The zero-order chi connectivity index (χ0) is 17.5. The van der Waals surface area contributed by atoms with E-state index in [1.165, 1.54) is 17.1 Å². The van der Waals surface area contributed by atoms with Gasteiger partial charge in [0.25, 0.3) is 5.91 Å². The van der Waals surface area contributed by atoms with Crippen LogP contribution in [0.3, 0.4) is 0 Å². The van der Waals surface area contributed by atoms with Gasteiger partial charge in [-0.15, -0.1) is 0 Å². The highest BCUT2D eigenvalue weighted by Crippen LogP contribution is 2.15. The van der Waals surface area contributed by atoms with Crippen LogP contribution in [0.4, 0.5) is 0 Å². The van der Waals surface area contributed by atoms with Crippen molar-refractivity contribution in [2.45, 2.75) is 19.6 Å². The highest BCUT2D eigenvalue weighted by molar-refractivity contribution is 9.10. The molecule has 0 radical (unpaired) electrons. The zero-order valence-electron chi connectivity index (χ0n) is 13.4. The number of carbonyl (C=O) groups is 2. The Morgan fingerprint density at radius 3 is 2.58 bits per heavy atom. The van der Waals surface area contributed by atoms with Crippen molar-refractivity contribution in [1.82, 2.24) is 4.90 Å². The van der Waals surface area contributed by atoms with E-state index >= 15 is 0 Å². The monoisotopic (exact) mass is 391 g/mol. The van der Waals surface area contributed by atoms with Gasteiger partial charge in [0.2, 0.25) is 0 Å². The van der Waals surface area contributed by atoms with Crippen LogP contribution in [0.1, 0.15) is 18.2 Å². The van der Waals surface area contributed by atoms with Gasteiger partial charge in [-0.05, 0) is 46.6 Å². The molecule has 0 fully saturated rings. The van der Waals surface area contributed by atoms with Crippen LogP contribution < -0.4 is 0 Å². The number of hydrogen-bond acceptors (Lipinski definition) is 4. The molecule has 0 N–H and O–H groups in total. The molecule has 0 aliphatic heterocycles. The van der Waals surface area contributed by atoms with E-state index in [-0.39, 0.29) is 5.91 Å². The predicted molar refractivity (Wildman–Crippen MR) is 93.9 cm³/mol. The summed E-state index contributed by atoms with van der Waals surface area (Å²) in [5, 5.41) is 0. The number of rotatable bonds is 6. The molecule has 5 nitrogen and oxygen atoms in total. The Morgan fingerprint density at radius 2 is 1.96 bits per heavy atom. The van der Waals surface area contributed by atoms with Crippen molar-refractivity contribution in [3.8, 4) is 0 Å². The molecule has 1 aromatic heterocycles. The number of benzene rings is 1. The summed E-state index contributed by atoms with van der Waals surface area (Å²) >= 11 is 3.17. The molecule has 1 amide bonds. The first-order chi connectivity index (χ1) is 11.5. The number of halogens is 1. The summed E-state index contributed by atoms with van der Waals surface area (Å²) in [6.45, 7) is 2.01. The van der Waals surface area contributed by atoms with Crippen molar-refractivity contribution >= 4 is 33.9 Å². The molecule has 1 heterocycles. The van der Waals surface area contributed by atoms with Crippen LogP contribution >= 0.6 is 15.9 Å². The van der Waals surface area contributed by atoms with Gasteiger partial charge in [0.05, 0.1) is 0 Å². The third-order valence-electron chi connectivity index (χ3n) is 3.26. The molecular weight excluding hydrogens is 374 g/mol. The van der Waals surface area contributed by atoms with Crippen LogP contribution in [0.5, 0.6) is 0 Å². The average Bonchev–Trinajstić information content (AvgIpc) is 2.98. The van der Waals surface area contributed by atoms with E-state index in [2.05, 4.69) is 15.9 Å². The smallest absolute Gasteiger partial charge is 0.331 e. The van der Waals surface area contributed by atoms with E-state index in [4.69, 9.17) is 9.15 Å². The summed E-state index contributed by atoms with van der Waals surface area (Å²) in [5.41, 5.74) is 1.01. The Balaban J connectivity index is 1.86. The fraction of sp³-hybridized carbons (Fsp3) is 0.222. The van der Waals surface area contributed by atoms with Gasteiger partial charge in [-0.3, -0.25) is 4.79 Å². The van der Waals surface area contributed by atoms with E-state index in [9.17, 15) is 9.59 Å². The minimum absolute atomic E-state index is 0.263. The molecular formula is C18H18BrNO4. The van der Waals surface area contributed by atoms with Crippen molar-refractivity contribution in [3.63, 3.8) is 0 Å². The van der Waals surface area contributed by atoms with Crippen LogP contribution in [0.2, 0.25) is 0 Å². The maximum Gasteiger partial charge on any atom is 0.331 e. The Morgan fingerprint density at radius 1 is 1.25 bits per heavy atom. The summed E-state index contributed by atoms with van der Waals surface area (Å²) in [7, 11) is 1.68. The second-order valence-corrected chi connectivity index (χ2v) is 6.02. The second kappa shape index (κ2) is 8.49. The van der Waals surface area contributed by atoms with E-state index in [0.29, 0.717) is 17.0 Å². The third kappa shape index (κ3) is 5.38. The maximum atomic E-state index is 12.3. The summed E-state index contributed by atoms with van der Waals surface area (Å²) < 4.78 is 10.9. The van der Waals surface area contributed by atoms with Crippen molar-refractivity contribution in [1.29, 1.82) is 0 Å². The van der Waals surface area contributed by atoms with Gasteiger partial charge in [-0.2, -0.15) is 0 Å². The average molecular weight is 392 g/mol. The van der Waals surface area contributed by atoms with E-state index in [1.54, 1.807) is 26.1 Å². The standard InChI is InChI=1S/C18H18BrNO4/c1-13(18(22)20(2)12-14-6-4-3-5-7-14)23-17(21)11-9-15-8-10-16(19)24-15/h3-11,13H,12H2,1-2H3/b11-9+. The molecule has 0 saturated carbocycles. The van der Waals surface area contributed by atoms with Crippen LogP contribution in [-0.4, -0.2) is 29.9 Å². The van der Waals surface area contributed by atoms with Gasteiger partial charge in [0, 0.05) is 19.7 Å². The van der Waals surface area contributed by atoms with Gasteiger partial charge in [0.15, 0.2) is 10.8 Å². The quantitative estimate of drug-likeness (QED) is 0.556. The summed E-state index contributed by atoms with van der Waals surface area (Å²) in [5.74, 6) is -0.350. The first kappa shape index (κ1) is 18.0. The van der Waals surface area contributed by atoms with Crippen LogP contribution in [0.15, 0.2) is 57.6 Å². The van der Waals surface area contributed by atoms with Crippen molar-refractivity contribution in [3.05, 3.63) is 64.5 Å². The molecule has 0 aliphatic carbocycles. The SMILES string of the molecule is CC(OC(=O)/C=C/c1ccc(Br)o1)C(=O)N(C)Cc1ccccc1. The number of ether oxygens (including phenoxy) is 1. The van der Waals surface area contributed by atoms with Crippen molar-refractivity contribution < 1.29 is 18.7 Å². The first-order valence-electron chi connectivity index (χ1n) is 7.38. The number of furan rings is 1. The molecule has 1 aromatic carbocycles. The number of hydrogen-bond donors (Lipinski definition) is 0. The Hall–Kier alpha value is -2.34. The maximum absolute atomic E-state index is 12.3. The highest BCUT2D eigenvalue weighted by atomic mass is 79.9. The lowest BCUT2D eigenvalue weighted by atomic mass is 10.2. The van der Waals surface area contributed by atoms with Gasteiger partial charge >= 0.3 is 5.97 Å². The molecule has 0 aliphatic rings. The normalized spacial score (nSPS) is 12.1. The van der Waals surface area contributed by atoms with Crippen molar-refractivity contribution in [2.24, 2.45) is 0 Å². The largest absolute Gasteiger partial charge is 0.450 e. The van der Waals surface area contributed by atoms with Crippen LogP contribution in [0.25, 0.3) is 6.08 Å². The minimum atomic E-state index is -0.862. The number of esters is 1. The summed E-state index contributed by atoms with van der Waals surface area (Å²) in [6, 6.07) is 13.0. The molecule has 0 bridgehead atoms. The van der Waals surface area contributed by atoms with Crippen LogP contribution in [0, 0.1) is 0 Å². The Labute approximate surface area is 149 Å². The van der Waals surface area contributed by atoms with E-state index in [0.717, 1.165) is 5.56 Å². The molecule has 126 valence electrons. The minimum Gasteiger partial charge on any atom is -0.450 e. The molecule has 0 spiro atoms. The van der Waals surface area contributed by atoms with Crippen LogP contribution in [-0.2, 0) is 20.9 Å². The third-order valence-corrected chi connectivity index (χ3v) is 3.68. The highest BCUT2D eigenvalue weighted by Gasteiger charge is 2.20. The molecule has 0 saturated heterocycles. The predicted octanol–water partition coefficient (Wildman–Crippen LogP) is 3.65. The first-order valence-corrected chi connectivity index (χ1v) is 8.18. The van der Waals surface area contributed by atoms with Gasteiger partial charge < -0.3 is 14.1 Å². The number of nitrogens with zero attached hydrogens (tertiary/aromatic N) is 1. The fourth-order valence-corrected chi connectivity index (χ4v) is 2.40. The number of amides is 1. The molecule has 6 heteroatoms. The lowest BCUT2D eigenvalue weighted by molar-refractivity contribution is -0.154. The summed E-state index contributed by atoms with van der Waals surface area (Å²) in [4.78, 5) is 25.6. The fourth-order valence-electron chi connectivity index (χ4n) is 2.08. The lowest BCUT2D eigenvalue weighted by Gasteiger charge is -2.21. The Bertz CT molecular complexity index is 724. The van der Waals surface area contributed by atoms with E-state index in [1.807, 2.05) is 30.3 Å². The number of likely N-dealkylation sites (N-methyl/N-ethyl adjacent to an activating group) is 1. The molecule has 2 rings (SSSR count). The molecule has 2 aromatic rings. The molecule has 24 heavy (non-hydrogen) atoms. The van der Waals surface area contributed by atoms with Gasteiger partial charge in [0.1, 0.15) is 5.76 Å². The lowest BCUT2D eigenvalue weighted by Crippen LogP contribution is -2.36. The second-order valence-electron chi connectivity index (χ2n) is 5.23. The van der Waals surface area contributed by atoms with E-state index < -0.39 is 12.1 Å². The van der Waals surface area contributed by atoms with Gasteiger partial charge in [-0.25, -0.2) is 4.79 Å². The Kier molecular flexibility index (Phi) is 6.37. The topological polar surface area (TPSA) is 59.8 Å². The summed E-state index contributed by atoms with van der Waals surface area (Å²) in [6.07, 6.45) is 1.85. The van der Waals surface area contributed by atoms with Crippen molar-refractivity contribution in [2.75, 3.05) is 7.05 Å². The molecule has 1 atom stereocenters. The van der Waals surface area contributed by atoms with Gasteiger partial charge in [-0.1, -0.05) is 30.3 Å².